The van der Waals surface area contributed by atoms with Gasteiger partial charge in [0.25, 0.3) is 0 Å². The van der Waals surface area contributed by atoms with Gasteiger partial charge in [-0.15, -0.1) is 0 Å². The van der Waals surface area contributed by atoms with Crippen LogP contribution >= 0.6 is 0 Å². The first kappa shape index (κ1) is 25.2. The molecule has 0 bridgehead atoms. The Kier molecular flexibility index (Phi) is 19.9. The molecule has 0 saturated heterocycles. The molecule has 0 aliphatic rings. The predicted molar refractivity (Wildman–Crippen MR) is 101 cm³/mol. The van der Waals surface area contributed by atoms with Gasteiger partial charge in [-0.05, 0) is 0 Å². The maximum atomic E-state index is 11.0. The Morgan fingerprint density at radius 3 is 1.46 bits per heavy atom. The smallest absolute Gasteiger partial charge is 0.219 e. The second kappa shape index (κ2) is 20.5. The summed E-state index contributed by atoms with van der Waals surface area (Å²) in [5.41, 5.74) is 0. The highest BCUT2D eigenvalue weighted by Crippen LogP contribution is 1.84. The molecular formula is C18H38N2O6. The number of hydrogen-bond donors (Lipinski definition) is 2. The lowest BCUT2D eigenvalue weighted by atomic mass is 10.4. The molecule has 1 amide bonds. The van der Waals surface area contributed by atoms with Crippen LogP contribution in [-0.2, 0) is 28.5 Å². The van der Waals surface area contributed by atoms with Crippen molar-refractivity contribution in [2.45, 2.75) is 33.2 Å². The van der Waals surface area contributed by atoms with E-state index in [2.05, 4.69) is 24.5 Å². The van der Waals surface area contributed by atoms with E-state index in [9.17, 15) is 4.79 Å². The minimum absolute atomic E-state index is 0.0393. The normalized spacial score (nSPS) is 11.2. The summed E-state index contributed by atoms with van der Waals surface area (Å²) < 4.78 is 26.9. The van der Waals surface area contributed by atoms with Gasteiger partial charge < -0.3 is 34.3 Å². The van der Waals surface area contributed by atoms with Crippen LogP contribution in [0.4, 0.5) is 0 Å². The molecule has 0 aliphatic heterocycles. The van der Waals surface area contributed by atoms with Crippen molar-refractivity contribution >= 4 is 5.91 Å². The summed E-state index contributed by atoms with van der Waals surface area (Å²) in [6.07, 6.45) is 0.498. The lowest BCUT2D eigenvalue weighted by Gasteiger charge is -2.09. The average molecular weight is 379 g/mol. The van der Waals surface area contributed by atoms with Crippen LogP contribution in [0.1, 0.15) is 27.2 Å². The third-order valence-corrected chi connectivity index (χ3v) is 3.18. The number of carbonyl (C=O) groups is 1. The molecule has 0 radical (unpaired) electrons. The quantitative estimate of drug-likeness (QED) is 0.300. The van der Waals surface area contributed by atoms with E-state index in [0.717, 1.165) is 6.54 Å². The van der Waals surface area contributed by atoms with Crippen LogP contribution in [0, 0.1) is 0 Å². The highest BCUT2D eigenvalue weighted by Gasteiger charge is 1.96. The van der Waals surface area contributed by atoms with E-state index in [0.29, 0.717) is 85.1 Å². The van der Waals surface area contributed by atoms with E-state index >= 15 is 0 Å². The molecule has 0 aromatic carbocycles. The van der Waals surface area contributed by atoms with Gasteiger partial charge >= 0.3 is 0 Å². The van der Waals surface area contributed by atoms with Crippen LogP contribution in [-0.4, -0.2) is 91.1 Å². The first-order valence-electron chi connectivity index (χ1n) is 9.55. The fourth-order valence-electron chi connectivity index (χ4n) is 1.79. The Balaban J connectivity index is 3.02. The Bertz CT molecular complexity index is 305. The van der Waals surface area contributed by atoms with E-state index in [-0.39, 0.29) is 5.91 Å². The second-order valence-corrected chi connectivity index (χ2v) is 5.87. The average Bonchev–Trinajstić information content (AvgIpc) is 2.63. The lowest BCUT2D eigenvalue weighted by molar-refractivity contribution is -0.121. The first-order valence-corrected chi connectivity index (χ1v) is 9.55. The van der Waals surface area contributed by atoms with Crippen LogP contribution < -0.4 is 10.6 Å². The van der Waals surface area contributed by atoms with Crippen molar-refractivity contribution in [2.24, 2.45) is 0 Å². The van der Waals surface area contributed by atoms with E-state index in [1.807, 2.05) is 6.92 Å². The van der Waals surface area contributed by atoms with Crippen molar-refractivity contribution in [3.63, 3.8) is 0 Å². The van der Waals surface area contributed by atoms with E-state index in [4.69, 9.17) is 23.7 Å². The van der Waals surface area contributed by atoms with Gasteiger partial charge in [-0.3, -0.25) is 4.79 Å². The molecule has 0 atom stereocenters. The van der Waals surface area contributed by atoms with Crippen molar-refractivity contribution in [2.75, 3.05) is 79.2 Å². The van der Waals surface area contributed by atoms with Crippen molar-refractivity contribution in [1.29, 1.82) is 0 Å². The zero-order valence-corrected chi connectivity index (χ0v) is 16.7. The van der Waals surface area contributed by atoms with Gasteiger partial charge in [0, 0.05) is 25.6 Å². The Hall–Kier alpha value is -0.770. The van der Waals surface area contributed by atoms with Crippen molar-refractivity contribution < 1.29 is 28.5 Å². The molecule has 0 spiro atoms. The van der Waals surface area contributed by atoms with Crippen molar-refractivity contribution in [1.82, 2.24) is 10.6 Å². The van der Waals surface area contributed by atoms with E-state index in [1.165, 1.54) is 0 Å². The second-order valence-electron chi connectivity index (χ2n) is 5.87. The summed E-state index contributed by atoms with van der Waals surface area (Å²) in [6, 6.07) is 0.489. The molecule has 8 heteroatoms. The molecule has 0 aliphatic carbocycles. The standard InChI is InChI=1S/C18H38N2O6/c1-4-18(21)20-6-8-23-10-12-25-14-16-26-15-13-24-11-9-22-7-5-19-17(2)3/h17,19H,4-16H2,1-3H3,(H,20,21). The summed E-state index contributed by atoms with van der Waals surface area (Å²) in [5.74, 6) is 0.0393. The number of ether oxygens (including phenoxy) is 5. The van der Waals surface area contributed by atoms with Gasteiger partial charge in [0.2, 0.25) is 5.91 Å². The summed E-state index contributed by atoms with van der Waals surface area (Å²) >= 11 is 0. The third-order valence-electron chi connectivity index (χ3n) is 3.18. The largest absolute Gasteiger partial charge is 0.378 e. The SMILES string of the molecule is CCC(=O)NCCOCCOCCOCCOCCOCCNC(C)C. The van der Waals surface area contributed by atoms with Crippen LogP contribution in [0.25, 0.3) is 0 Å². The highest BCUT2D eigenvalue weighted by atomic mass is 16.6. The maximum absolute atomic E-state index is 11.0. The third kappa shape index (κ3) is 21.3. The summed E-state index contributed by atoms with van der Waals surface area (Å²) in [4.78, 5) is 11.0. The molecule has 26 heavy (non-hydrogen) atoms. The molecular weight excluding hydrogens is 340 g/mol. The molecule has 0 rings (SSSR count). The summed E-state index contributed by atoms with van der Waals surface area (Å²) in [6.45, 7) is 13.0. The van der Waals surface area contributed by atoms with Gasteiger partial charge in [0.05, 0.1) is 66.1 Å². The molecule has 2 N–H and O–H groups in total. The predicted octanol–water partition coefficient (Wildman–Crippen LogP) is 0.594. The topological polar surface area (TPSA) is 87.3 Å². The Morgan fingerprint density at radius 1 is 0.692 bits per heavy atom. The maximum Gasteiger partial charge on any atom is 0.219 e. The van der Waals surface area contributed by atoms with Gasteiger partial charge in [-0.25, -0.2) is 0 Å². The molecule has 0 aromatic heterocycles. The monoisotopic (exact) mass is 378 g/mol. The molecule has 0 saturated carbocycles. The Labute approximate surface area is 158 Å². The van der Waals surface area contributed by atoms with Crippen molar-refractivity contribution in [3.05, 3.63) is 0 Å². The van der Waals surface area contributed by atoms with Crippen LogP contribution in [0.5, 0.6) is 0 Å². The number of rotatable bonds is 20. The minimum atomic E-state index is 0.0393. The van der Waals surface area contributed by atoms with Gasteiger partial charge in [-0.1, -0.05) is 20.8 Å². The van der Waals surface area contributed by atoms with Crippen LogP contribution in [0.3, 0.4) is 0 Å². The summed E-state index contributed by atoms with van der Waals surface area (Å²) in [7, 11) is 0. The molecule has 0 fully saturated rings. The number of amides is 1. The number of hydrogen-bond acceptors (Lipinski definition) is 7. The molecule has 8 nitrogen and oxygen atoms in total. The Morgan fingerprint density at radius 2 is 1.08 bits per heavy atom. The van der Waals surface area contributed by atoms with Crippen LogP contribution in [0.2, 0.25) is 0 Å². The van der Waals surface area contributed by atoms with Crippen LogP contribution in [0.15, 0.2) is 0 Å². The van der Waals surface area contributed by atoms with Crippen molar-refractivity contribution in [3.8, 4) is 0 Å². The van der Waals surface area contributed by atoms with Gasteiger partial charge in [0.1, 0.15) is 0 Å². The molecule has 156 valence electrons. The molecule has 0 heterocycles. The summed E-state index contributed by atoms with van der Waals surface area (Å²) in [5, 5.41) is 6.02. The van der Waals surface area contributed by atoms with Gasteiger partial charge in [0.15, 0.2) is 0 Å². The van der Waals surface area contributed by atoms with E-state index < -0.39 is 0 Å². The highest BCUT2D eigenvalue weighted by molar-refractivity contribution is 5.75. The fourth-order valence-corrected chi connectivity index (χ4v) is 1.79. The molecule has 0 aromatic rings. The zero-order chi connectivity index (χ0) is 19.3. The number of carbonyl (C=O) groups excluding carboxylic acids is 1. The fraction of sp³-hybridized carbons (Fsp3) is 0.944. The van der Waals surface area contributed by atoms with E-state index in [1.54, 1.807) is 0 Å². The zero-order valence-electron chi connectivity index (χ0n) is 16.7. The minimum Gasteiger partial charge on any atom is -0.378 e. The molecule has 0 unspecified atom stereocenters. The van der Waals surface area contributed by atoms with Gasteiger partial charge in [-0.2, -0.15) is 0 Å². The lowest BCUT2D eigenvalue weighted by Crippen LogP contribution is -2.27. The first-order chi connectivity index (χ1) is 12.7. The number of nitrogens with one attached hydrogen (secondary N) is 2.